The Morgan fingerprint density at radius 2 is 1.80 bits per heavy atom. The summed E-state index contributed by atoms with van der Waals surface area (Å²) in [6.07, 6.45) is 1.45. The fourth-order valence-electron chi connectivity index (χ4n) is 3.53. The van der Waals surface area contributed by atoms with Gasteiger partial charge in [-0.15, -0.1) is 0 Å². The molecule has 6 nitrogen and oxygen atoms in total. The zero-order valence-corrected chi connectivity index (χ0v) is 14.6. The lowest BCUT2D eigenvalue weighted by Crippen LogP contribution is -2.50. The van der Waals surface area contributed by atoms with E-state index in [2.05, 4.69) is 4.90 Å². The Morgan fingerprint density at radius 3 is 2.44 bits per heavy atom. The smallest absolute Gasteiger partial charge is 0.224 e. The number of aliphatic hydroxyl groups excluding tert-OH is 1. The Bertz CT molecular complexity index is 585. The minimum atomic E-state index is -0.496. The Kier molecular flexibility index (Phi) is 6.04. The molecular weight excluding hydrogens is 318 g/mol. The molecule has 1 aromatic rings. The van der Waals surface area contributed by atoms with Gasteiger partial charge < -0.3 is 14.9 Å². The topological polar surface area (TPSA) is 64.1 Å². The van der Waals surface area contributed by atoms with Crippen molar-refractivity contribution in [2.45, 2.75) is 25.4 Å². The van der Waals surface area contributed by atoms with Gasteiger partial charge >= 0.3 is 0 Å². The Balaban J connectivity index is 1.39. The number of piperazine rings is 1. The Labute approximate surface area is 149 Å². The lowest BCUT2D eigenvalue weighted by Gasteiger charge is -2.36. The summed E-state index contributed by atoms with van der Waals surface area (Å²) >= 11 is 0. The van der Waals surface area contributed by atoms with E-state index in [0.29, 0.717) is 39.0 Å². The van der Waals surface area contributed by atoms with E-state index < -0.39 is 6.10 Å². The number of benzene rings is 1. The van der Waals surface area contributed by atoms with Crippen LogP contribution >= 0.6 is 0 Å². The van der Waals surface area contributed by atoms with Crippen molar-refractivity contribution in [3.05, 3.63) is 35.9 Å². The van der Waals surface area contributed by atoms with E-state index in [4.69, 9.17) is 0 Å². The molecule has 0 radical (unpaired) electrons. The van der Waals surface area contributed by atoms with Crippen molar-refractivity contribution >= 4 is 11.8 Å². The van der Waals surface area contributed by atoms with Crippen LogP contribution in [0.3, 0.4) is 0 Å². The van der Waals surface area contributed by atoms with E-state index in [-0.39, 0.29) is 11.8 Å². The van der Waals surface area contributed by atoms with Crippen molar-refractivity contribution in [2.75, 3.05) is 45.8 Å². The molecule has 3 rings (SSSR count). The van der Waals surface area contributed by atoms with Crippen LogP contribution in [-0.4, -0.2) is 77.4 Å². The first kappa shape index (κ1) is 17.9. The summed E-state index contributed by atoms with van der Waals surface area (Å²) < 4.78 is 0. The third-order valence-corrected chi connectivity index (χ3v) is 5.11. The van der Waals surface area contributed by atoms with Gasteiger partial charge in [-0.1, -0.05) is 30.3 Å². The molecule has 0 aliphatic carbocycles. The molecule has 2 saturated heterocycles. The van der Waals surface area contributed by atoms with Gasteiger partial charge in [0.25, 0.3) is 0 Å². The monoisotopic (exact) mass is 345 g/mol. The Morgan fingerprint density at radius 1 is 1.08 bits per heavy atom. The number of likely N-dealkylation sites (tertiary alicyclic amines) is 1. The number of carbonyl (C=O) groups is 2. The van der Waals surface area contributed by atoms with Crippen LogP contribution in [0.4, 0.5) is 0 Å². The van der Waals surface area contributed by atoms with Gasteiger partial charge in [0.15, 0.2) is 0 Å². The molecule has 2 aliphatic heterocycles. The van der Waals surface area contributed by atoms with Crippen LogP contribution in [0.25, 0.3) is 0 Å². The van der Waals surface area contributed by atoms with Crippen LogP contribution in [0.2, 0.25) is 0 Å². The van der Waals surface area contributed by atoms with Gasteiger partial charge in [0.2, 0.25) is 11.8 Å². The molecule has 0 saturated carbocycles. The third-order valence-electron chi connectivity index (χ3n) is 5.11. The highest BCUT2D eigenvalue weighted by Gasteiger charge is 2.25. The second kappa shape index (κ2) is 8.45. The van der Waals surface area contributed by atoms with Gasteiger partial charge in [-0.2, -0.15) is 0 Å². The maximum Gasteiger partial charge on any atom is 0.224 e. The first-order chi connectivity index (χ1) is 12.1. The molecule has 2 aliphatic rings. The van der Waals surface area contributed by atoms with Crippen LogP contribution < -0.4 is 0 Å². The summed E-state index contributed by atoms with van der Waals surface area (Å²) in [6.45, 7) is 4.86. The number of carbonyl (C=O) groups excluding carboxylic acids is 2. The van der Waals surface area contributed by atoms with Gasteiger partial charge in [0, 0.05) is 58.7 Å². The molecule has 1 aromatic carbocycles. The van der Waals surface area contributed by atoms with Gasteiger partial charge in [-0.3, -0.25) is 14.5 Å². The van der Waals surface area contributed by atoms with Crippen molar-refractivity contribution in [1.82, 2.24) is 14.7 Å². The minimum Gasteiger partial charge on any atom is -0.387 e. The van der Waals surface area contributed by atoms with Gasteiger partial charge in [-0.05, 0) is 12.0 Å². The second-order valence-electron chi connectivity index (χ2n) is 6.84. The zero-order valence-electron chi connectivity index (χ0n) is 14.6. The number of nitrogens with zero attached hydrogens (tertiary/aromatic N) is 3. The van der Waals surface area contributed by atoms with E-state index >= 15 is 0 Å². The number of hydrogen-bond donors (Lipinski definition) is 1. The van der Waals surface area contributed by atoms with Gasteiger partial charge in [0.1, 0.15) is 0 Å². The van der Waals surface area contributed by atoms with Gasteiger partial charge in [-0.25, -0.2) is 0 Å². The molecular formula is C19H27N3O3. The average Bonchev–Trinajstić information content (AvgIpc) is 3.06. The largest absolute Gasteiger partial charge is 0.387 e. The lowest BCUT2D eigenvalue weighted by molar-refractivity contribution is -0.134. The van der Waals surface area contributed by atoms with E-state index in [1.165, 1.54) is 0 Å². The third kappa shape index (κ3) is 4.80. The molecule has 0 aromatic heterocycles. The van der Waals surface area contributed by atoms with Crippen LogP contribution in [0.15, 0.2) is 30.3 Å². The number of β-amino-alcohol motifs (C(OH)–C–C–N with tert-alkyl or cyclic N) is 1. The average molecular weight is 345 g/mol. The fraction of sp³-hybridized carbons (Fsp3) is 0.579. The van der Waals surface area contributed by atoms with Crippen molar-refractivity contribution in [2.24, 2.45) is 0 Å². The highest BCUT2D eigenvalue weighted by Crippen LogP contribution is 2.15. The van der Waals surface area contributed by atoms with E-state index in [1.807, 2.05) is 35.2 Å². The van der Waals surface area contributed by atoms with Crippen molar-refractivity contribution < 1.29 is 14.7 Å². The first-order valence-corrected chi connectivity index (χ1v) is 9.14. The zero-order chi connectivity index (χ0) is 17.6. The molecule has 1 N–H and O–H groups in total. The first-order valence-electron chi connectivity index (χ1n) is 9.14. The summed E-state index contributed by atoms with van der Waals surface area (Å²) in [7, 11) is 0. The van der Waals surface area contributed by atoms with E-state index in [1.54, 1.807) is 4.90 Å². The summed E-state index contributed by atoms with van der Waals surface area (Å²) in [6, 6.07) is 9.67. The normalized spacial score (nSPS) is 20.1. The standard InChI is InChI=1S/C19H27N3O3/c23-17(16-5-2-1-3-6-16)15-20-11-13-22(14-12-20)19(25)8-10-21-9-4-7-18(21)24/h1-3,5-6,17,23H,4,7-15H2. The molecule has 0 spiro atoms. The summed E-state index contributed by atoms with van der Waals surface area (Å²) in [4.78, 5) is 29.8. The minimum absolute atomic E-state index is 0.128. The molecule has 0 bridgehead atoms. The molecule has 2 amide bonds. The molecule has 1 unspecified atom stereocenters. The van der Waals surface area contributed by atoms with Crippen LogP contribution in [0.5, 0.6) is 0 Å². The quantitative estimate of drug-likeness (QED) is 0.831. The lowest BCUT2D eigenvalue weighted by atomic mass is 10.1. The molecule has 2 heterocycles. The predicted molar refractivity (Wildman–Crippen MR) is 94.9 cm³/mol. The van der Waals surface area contributed by atoms with Gasteiger partial charge in [0.05, 0.1) is 6.10 Å². The second-order valence-corrected chi connectivity index (χ2v) is 6.84. The summed E-state index contributed by atoms with van der Waals surface area (Å²) in [5.74, 6) is 0.301. The SMILES string of the molecule is O=C1CCCN1CCC(=O)N1CCN(CC(O)c2ccccc2)CC1. The summed E-state index contributed by atoms with van der Waals surface area (Å²) in [5, 5.41) is 10.3. The Hall–Kier alpha value is -1.92. The highest BCUT2D eigenvalue weighted by molar-refractivity contribution is 5.80. The summed E-state index contributed by atoms with van der Waals surface area (Å²) in [5.41, 5.74) is 0.927. The van der Waals surface area contributed by atoms with Crippen molar-refractivity contribution in [3.8, 4) is 0 Å². The van der Waals surface area contributed by atoms with Crippen LogP contribution in [-0.2, 0) is 9.59 Å². The van der Waals surface area contributed by atoms with Crippen molar-refractivity contribution in [1.29, 1.82) is 0 Å². The maximum absolute atomic E-state index is 12.3. The number of rotatable bonds is 6. The maximum atomic E-state index is 12.3. The molecule has 6 heteroatoms. The van der Waals surface area contributed by atoms with Crippen LogP contribution in [0.1, 0.15) is 30.9 Å². The van der Waals surface area contributed by atoms with E-state index in [9.17, 15) is 14.7 Å². The fourth-order valence-corrected chi connectivity index (χ4v) is 3.53. The van der Waals surface area contributed by atoms with Crippen LogP contribution in [0, 0.1) is 0 Å². The number of amides is 2. The molecule has 2 fully saturated rings. The number of hydrogen-bond acceptors (Lipinski definition) is 4. The molecule has 1 atom stereocenters. The van der Waals surface area contributed by atoms with E-state index in [0.717, 1.165) is 31.6 Å². The molecule has 25 heavy (non-hydrogen) atoms. The predicted octanol–water partition coefficient (Wildman–Crippen LogP) is 0.877. The molecule has 136 valence electrons. The highest BCUT2D eigenvalue weighted by atomic mass is 16.3. The number of aliphatic hydroxyl groups is 1. The van der Waals surface area contributed by atoms with Crippen molar-refractivity contribution in [3.63, 3.8) is 0 Å².